The fourth-order valence-corrected chi connectivity index (χ4v) is 6.29. The van der Waals surface area contributed by atoms with Crippen molar-refractivity contribution in [2.45, 2.75) is 25.0 Å². The Morgan fingerprint density at radius 2 is 1.81 bits per heavy atom. The molecule has 4 aromatic rings. The molecule has 3 aromatic carbocycles. The molecule has 3 atom stereocenters. The molecule has 3 unspecified atom stereocenters. The minimum atomic E-state index is -3.71. The fraction of sp³-hybridized carbons (Fsp3) is 0.207. The molecule has 224 valence electrons. The molecular weight excluding hydrogens is 606 g/mol. The predicted molar refractivity (Wildman–Crippen MR) is 154 cm³/mol. The minimum Gasteiger partial charge on any atom is -0.481 e. The van der Waals surface area contributed by atoms with Crippen LogP contribution in [0.5, 0.6) is 0 Å². The van der Waals surface area contributed by atoms with Crippen molar-refractivity contribution in [2.24, 2.45) is 5.92 Å². The van der Waals surface area contributed by atoms with Crippen molar-refractivity contribution in [3.05, 3.63) is 101 Å². The number of benzene rings is 3. The summed E-state index contributed by atoms with van der Waals surface area (Å²) >= 11 is 6.15. The van der Waals surface area contributed by atoms with Gasteiger partial charge in [0.15, 0.2) is 11.6 Å². The van der Waals surface area contributed by atoms with Gasteiger partial charge < -0.3 is 9.84 Å². The molecule has 10 nitrogen and oxygen atoms in total. The molecule has 43 heavy (non-hydrogen) atoms. The van der Waals surface area contributed by atoms with Crippen molar-refractivity contribution < 1.29 is 36.6 Å². The monoisotopic (exact) mass is 630 g/mol. The number of anilines is 1. The second-order valence-corrected chi connectivity index (χ2v) is 12.3. The first-order chi connectivity index (χ1) is 20.3. The van der Waals surface area contributed by atoms with Gasteiger partial charge in [0.05, 0.1) is 29.6 Å². The molecule has 1 aromatic heterocycles. The SMILES string of the molecule is CC(OC(=O)Nc1c(F)cnn1-c1ccc(-c2ccc(C3(NS(C)(=O)=O)CC3C(=O)O)cc2)c(F)c1)c1ccccc1Cl. The van der Waals surface area contributed by atoms with E-state index in [1.54, 1.807) is 55.5 Å². The van der Waals surface area contributed by atoms with E-state index in [0.717, 1.165) is 23.2 Å². The highest BCUT2D eigenvalue weighted by Crippen LogP contribution is 2.52. The molecule has 3 N–H and O–H groups in total. The van der Waals surface area contributed by atoms with E-state index >= 15 is 4.39 Å². The largest absolute Gasteiger partial charge is 0.481 e. The first kappa shape index (κ1) is 30.1. The molecule has 1 saturated carbocycles. The molecular formula is C29H25ClF2N4O6S. The average molecular weight is 631 g/mol. The van der Waals surface area contributed by atoms with Gasteiger partial charge in [-0.25, -0.2) is 31.4 Å². The normalized spacial score (nSPS) is 18.6. The molecule has 0 saturated heterocycles. The number of carbonyl (C=O) groups excluding carboxylic acids is 1. The van der Waals surface area contributed by atoms with E-state index in [0.29, 0.717) is 21.7 Å². The van der Waals surface area contributed by atoms with Crippen LogP contribution in [0, 0.1) is 17.6 Å². The van der Waals surface area contributed by atoms with Crippen LogP contribution in [0.2, 0.25) is 5.02 Å². The van der Waals surface area contributed by atoms with E-state index in [9.17, 15) is 27.5 Å². The number of halogens is 3. The molecule has 0 spiro atoms. The first-order valence-corrected chi connectivity index (χ1v) is 15.1. The topological polar surface area (TPSA) is 140 Å². The maximum Gasteiger partial charge on any atom is 0.413 e. The fourth-order valence-electron chi connectivity index (χ4n) is 4.99. The van der Waals surface area contributed by atoms with Gasteiger partial charge in [0.2, 0.25) is 10.0 Å². The third-order valence-corrected chi connectivity index (χ3v) is 8.19. The van der Waals surface area contributed by atoms with E-state index in [-0.39, 0.29) is 23.5 Å². The number of amides is 1. The number of sulfonamides is 1. The second-order valence-electron chi connectivity index (χ2n) is 10.1. The number of carbonyl (C=O) groups is 2. The summed E-state index contributed by atoms with van der Waals surface area (Å²) in [7, 11) is -3.71. The Kier molecular flexibility index (Phi) is 7.99. The van der Waals surface area contributed by atoms with Crippen LogP contribution in [0.15, 0.2) is 72.9 Å². The van der Waals surface area contributed by atoms with Gasteiger partial charge in [-0.1, -0.05) is 54.1 Å². The summed E-state index contributed by atoms with van der Waals surface area (Å²) < 4.78 is 62.5. The lowest BCUT2D eigenvalue weighted by Gasteiger charge is -2.18. The Morgan fingerprint density at radius 1 is 1.12 bits per heavy atom. The van der Waals surface area contributed by atoms with Crippen LogP contribution in [0.1, 0.15) is 30.6 Å². The van der Waals surface area contributed by atoms with Crippen LogP contribution in [-0.2, 0) is 25.1 Å². The summed E-state index contributed by atoms with van der Waals surface area (Å²) in [5.74, 6) is -4.00. The number of nitrogens with one attached hydrogen (secondary N) is 2. The van der Waals surface area contributed by atoms with Crippen LogP contribution in [0.4, 0.5) is 19.4 Å². The van der Waals surface area contributed by atoms with E-state index in [1.165, 1.54) is 12.1 Å². The second kappa shape index (κ2) is 11.4. The Bertz CT molecular complexity index is 1830. The van der Waals surface area contributed by atoms with Crippen molar-refractivity contribution in [2.75, 3.05) is 11.6 Å². The zero-order valence-corrected chi connectivity index (χ0v) is 24.3. The standard InChI is InChI=1S/C29H25ClF2N4O6S/c1-16(20-5-3-4-6-23(20)30)42-28(39)34-26-25(32)15-33-36(26)19-11-12-21(24(31)13-19)17-7-9-18(10-8-17)29(35-43(2,40)41)14-22(29)27(37)38/h3-13,15-16,22,35H,14H2,1-2H3,(H,34,39)(H,37,38). The molecule has 0 bridgehead atoms. The molecule has 1 amide bonds. The van der Waals surface area contributed by atoms with Gasteiger partial charge >= 0.3 is 12.1 Å². The van der Waals surface area contributed by atoms with Gasteiger partial charge in [0, 0.05) is 22.2 Å². The Hall–Kier alpha value is -4.33. The van der Waals surface area contributed by atoms with Crippen LogP contribution in [0.25, 0.3) is 16.8 Å². The third kappa shape index (κ3) is 6.24. The predicted octanol–water partition coefficient (Wildman–Crippen LogP) is 5.63. The number of ether oxygens (including phenoxy) is 1. The van der Waals surface area contributed by atoms with E-state index in [4.69, 9.17) is 16.3 Å². The van der Waals surface area contributed by atoms with Crippen molar-refractivity contribution in [3.8, 4) is 16.8 Å². The van der Waals surface area contributed by atoms with Crippen molar-refractivity contribution in [1.29, 1.82) is 0 Å². The summed E-state index contributed by atoms with van der Waals surface area (Å²) in [5, 5.41) is 16.1. The molecule has 1 aliphatic carbocycles. The Morgan fingerprint density at radius 3 is 2.42 bits per heavy atom. The number of nitrogens with zero attached hydrogens (tertiary/aromatic N) is 2. The molecule has 5 rings (SSSR count). The number of carboxylic acid groups (broad SMARTS) is 1. The molecule has 0 radical (unpaired) electrons. The van der Waals surface area contributed by atoms with Crippen LogP contribution < -0.4 is 10.0 Å². The van der Waals surface area contributed by atoms with Crippen molar-refractivity contribution in [3.63, 3.8) is 0 Å². The quantitative estimate of drug-likeness (QED) is 0.218. The van der Waals surface area contributed by atoms with Gasteiger partial charge in [0.25, 0.3) is 0 Å². The highest BCUT2D eigenvalue weighted by Gasteiger charge is 2.61. The summed E-state index contributed by atoms with van der Waals surface area (Å²) in [6.45, 7) is 1.60. The Labute approximate surface area is 250 Å². The van der Waals surface area contributed by atoms with Crippen molar-refractivity contribution in [1.82, 2.24) is 14.5 Å². The number of carboxylic acids is 1. The minimum absolute atomic E-state index is 0.0844. The lowest BCUT2D eigenvalue weighted by Crippen LogP contribution is -2.37. The number of hydrogen-bond acceptors (Lipinski definition) is 6. The lowest BCUT2D eigenvalue weighted by molar-refractivity contribution is -0.139. The highest BCUT2D eigenvalue weighted by atomic mass is 35.5. The van der Waals surface area contributed by atoms with Crippen LogP contribution in [-0.4, -0.2) is 41.6 Å². The zero-order valence-electron chi connectivity index (χ0n) is 22.7. The zero-order chi connectivity index (χ0) is 31.1. The molecule has 1 aliphatic rings. The lowest BCUT2D eigenvalue weighted by atomic mass is 9.98. The maximum atomic E-state index is 15.3. The third-order valence-electron chi connectivity index (χ3n) is 7.11. The molecule has 14 heteroatoms. The van der Waals surface area contributed by atoms with Gasteiger partial charge in [-0.3, -0.25) is 10.1 Å². The number of aromatic nitrogens is 2. The average Bonchev–Trinajstić information content (AvgIpc) is 3.55. The first-order valence-electron chi connectivity index (χ1n) is 12.9. The number of hydrogen-bond donors (Lipinski definition) is 3. The van der Waals surface area contributed by atoms with Gasteiger partial charge in [0.1, 0.15) is 11.9 Å². The summed E-state index contributed by atoms with van der Waals surface area (Å²) in [6.07, 6.45) is 0.173. The Balaban J connectivity index is 1.35. The van der Waals surface area contributed by atoms with Crippen LogP contribution in [0.3, 0.4) is 0 Å². The molecule has 1 fully saturated rings. The summed E-state index contributed by atoms with van der Waals surface area (Å²) in [6, 6.07) is 17.0. The van der Waals surface area contributed by atoms with Gasteiger partial charge in [-0.05, 0) is 42.7 Å². The van der Waals surface area contributed by atoms with Gasteiger partial charge in [-0.15, -0.1) is 0 Å². The number of rotatable bonds is 9. The van der Waals surface area contributed by atoms with Crippen molar-refractivity contribution >= 4 is 39.5 Å². The number of aliphatic carboxylic acids is 1. The van der Waals surface area contributed by atoms with E-state index in [2.05, 4.69) is 15.1 Å². The molecule has 0 aliphatic heterocycles. The highest BCUT2D eigenvalue weighted by molar-refractivity contribution is 7.88. The van der Waals surface area contributed by atoms with E-state index in [1.807, 2.05) is 0 Å². The summed E-state index contributed by atoms with van der Waals surface area (Å²) in [5.41, 5.74) is 0.414. The molecule has 1 heterocycles. The summed E-state index contributed by atoms with van der Waals surface area (Å²) in [4.78, 5) is 24.1. The smallest absolute Gasteiger partial charge is 0.413 e. The van der Waals surface area contributed by atoms with E-state index < -0.39 is 51.3 Å². The van der Waals surface area contributed by atoms with Crippen LogP contribution >= 0.6 is 11.6 Å². The van der Waals surface area contributed by atoms with Gasteiger partial charge in [-0.2, -0.15) is 5.10 Å². The maximum absolute atomic E-state index is 15.3.